The van der Waals surface area contributed by atoms with Crippen LogP contribution in [0.5, 0.6) is 0 Å². The van der Waals surface area contributed by atoms with E-state index in [-0.39, 0.29) is 5.35 Å². The van der Waals surface area contributed by atoms with Crippen molar-refractivity contribution in [2.75, 3.05) is 0 Å². The quantitative estimate of drug-likeness (QED) is 0.637. The molecule has 0 atom stereocenters. The second-order valence-corrected chi connectivity index (χ2v) is 2.02. The molecule has 50 valence electrons. The van der Waals surface area contributed by atoms with Crippen LogP contribution in [0.15, 0.2) is 4.42 Å². The first-order chi connectivity index (χ1) is 4.33. The fourth-order valence-corrected chi connectivity index (χ4v) is 0.675. The van der Waals surface area contributed by atoms with Crippen molar-refractivity contribution < 1.29 is 4.42 Å². The molecule has 0 radical (unpaired) electrons. The zero-order valence-corrected chi connectivity index (χ0v) is 5.85. The molecule has 0 aliphatic carbocycles. The van der Waals surface area contributed by atoms with E-state index >= 15 is 0 Å². The molecule has 0 unspecified atom stereocenters. The molecule has 1 heterocycles. The van der Waals surface area contributed by atoms with E-state index in [1.54, 1.807) is 0 Å². The predicted molar refractivity (Wildman–Crippen MR) is 33.3 cm³/mol. The van der Waals surface area contributed by atoms with Gasteiger partial charge in [-0.1, -0.05) is 12.0 Å². The van der Waals surface area contributed by atoms with Crippen LogP contribution in [-0.4, -0.2) is 10.2 Å². The highest BCUT2D eigenvalue weighted by Gasteiger charge is 1.99. The van der Waals surface area contributed by atoms with Gasteiger partial charge in [-0.05, 0) is 18.0 Å². The first-order valence-electron chi connectivity index (χ1n) is 2.81. The van der Waals surface area contributed by atoms with Gasteiger partial charge in [0.1, 0.15) is 0 Å². The molecule has 0 N–H and O–H groups in total. The van der Waals surface area contributed by atoms with E-state index in [0.29, 0.717) is 5.89 Å². The van der Waals surface area contributed by atoms with Gasteiger partial charge in [0.15, 0.2) is 0 Å². The number of aromatic nitrogens is 2. The van der Waals surface area contributed by atoms with Crippen LogP contribution in [0.3, 0.4) is 0 Å². The van der Waals surface area contributed by atoms with Gasteiger partial charge in [-0.3, -0.25) is 0 Å². The molecule has 0 amide bonds. The summed E-state index contributed by atoms with van der Waals surface area (Å²) in [6.07, 6.45) is 1.80. The highest BCUT2D eigenvalue weighted by atomic mass is 35.5. The summed E-state index contributed by atoms with van der Waals surface area (Å²) < 4.78 is 4.87. The summed E-state index contributed by atoms with van der Waals surface area (Å²) >= 11 is 5.36. The average molecular weight is 147 g/mol. The molecule has 0 spiro atoms. The van der Waals surface area contributed by atoms with E-state index in [0.717, 1.165) is 12.8 Å². The van der Waals surface area contributed by atoms with Crippen LogP contribution in [0.25, 0.3) is 0 Å². The maximum Gasteiger partial charge on any atom is 0.312 e. The van der Waals surface area contributed by atoms with Gasteiger partial charge < -0.3 is 4.42 Å². The summed E-state index contributed by atoms with van der Waals surface area (Å²) in [5.41, 5.74) is 0. The molecule has 3 nitrogen and oxygen atoms in total. The Morgan fingerprint density at radius 1 is 1.56 bits per heavy atom. The van der Waals surface area contributed by atoms with Crippen molar-refractivity contribution in [2.45, 2.75) is 19.8 Å². The Kier molecular flexibility index (Phi) is 2.05. The van der Waals surface area contributed by atoms with E-state index in [1.807, 2.05) is 6.92 Å². The maximum absolute atomic E-state index is 5.36. The zero-order valence-electron chi connectivity index (χ0n) is 5.09. The van der Waals surface area contributed by atoms with Gasteiger partial charge in [-0.2, -0.15) is 0 Å². The number of hydrogen-bond donors (Lipinski definition) is 0. The summed E-state index contributed by atoms with van der Waals surface area (Å²) in [6, 6.07) is 0. The second kappa shape index (κ2) is 2.82. The highest BCUT2D eigenvalue weighted by molar-refractivity contribution is 6.27. The van der Waals surface area contributed by atoms with Gasteiger partial charge in [0.05, 0.1) is 0 Å². The summed E-state index contributed by atoms with van der Waals surface area (Å²) in [7, 11) is 0. The predicted octanol–water partition coefficient (Wildman–Crippen LogP) is 1.68. The molecule has 1 aromatic rings. The number of rotatable bonds is 2. The first-order valence-corrected chi connectivity index (χ1v) is 3.18. The van der Waals surface area contributed by atoms with Crippen LogP contribution in [0.2, 0.25) is 5.35 Å². The topological polar surface area (TPSA) is 38.9 Å². The lowest BCUT2D eigenvalue weighted by molar-refractivity contribution is 0.492. The van der Waals surface area contributed by atoms with Crippen LogP contribution in [-0.2, 0) is 6.42 Å². The third kappa shape index (κ3) is 1.68. The van der Waals surface area contributed by atoms with Crippen LogP contribution in [0, 0.1) is 0 Å². The molecule has 0 aromatic carbocycles. The van der Waals surface area contributed by atoms with Crippen molar-refractivity contribution in [3.63, 3.8) is 0 Å². The Hall–Kier alpha value is -0.570. The monoisotopic (exact) mass is 146 g/mol. The van der Waals surface area contributed by atoms with Gasteiger partial charge in [-0.15, -0.1) is 5.10 Å². The van der Waals surface area contributed by atoms with E-state index in [4.69, 9.17) is 16.0 Å². The number of halogens is 1. The molecule has 4 heteroatoms. The molecular weight excluding hydrogens is 140 g/mol. The SMILES string of the molecule is CCCc1nnc(Cl)o1. The fraction of sp³-hybridized carbons (Fsp3) is 0.600. The van der Waals surface area contributed by atoms with Crippen molar-refractivity contribution in [1.29, 1.82) is 0 Å². The Morgan fingerprint density at radius 2 is 2.33 bits per heavy atom. The molecular formula is C5H7ClN2O. The Balaban J connectivity index is 2.61. The Labute approximate surface area is 58.0 Å². The molecule has 1 aromatic heterocycles. The second-order valence-electron chi connectivity index (χ2n) is 1.70. The van der Waals surface area contributed by atoms with Crippen LogP contribution < -0.4 is 0 Å². The highest BCUT2D eigenvalue weighted by Crippen LogP contribution is 2.06. The maximum atomic E-state index is 5.36. The van der Waals surface area contributed by atoms with Crippen molar-refractivity contribution >= 4 is 11.6 Å². The fourth-order valence-electron chi connectivity index (χ4n) is 0.548. The lowest BCUT2D eigenvalue weighted by Gasteiger charge is -1.82. The van der Waals surface area contributed by atoms with Crippen molar-refractivity contribution in [3.05, 3.63) is 11.2 Å². The minimum atomic E-state index is 0.124. The Bertz CT molecular complexity index is 187. The van der Waals surface area contributed by atoms with Crippen LogP contribution in [0.1, 0.15) is 19.2 Å². The van der Waals surface area contributed by atoms with Gasteiger partial charge in [0.2, 0.25) is 5.89 Å². The largest absolute Gasteiger partial charge is 0.412 e. The van der Waals surface area contributed by atoms with E-state index in [9.17, 15) is 0 Å². The molecule has 0 saturated carbocycles. The smallest absolute Gasteiger partial charge is 0.312 e. The van der Waals surface area contributed by atoms with Crippen LogP contribution in [0.4, 0.5) is 0 Å². The van der Waals surface area contributed by atoms with Gasteiger partial charge in [-0.25, -0.2) is 0 Å². The number of hydrogen-bond acceptors (Lipinski definition) is 3. The molecule has 0 saturated heterocycles. The third-order valence-electron chi connectivity index (χ3n) is 0.906. The van der Waals surface area contributed by atoms with Crippen molar-refractivity contribution in [3.8, 4) is 0 Å². The summed E-state index contributed by atoms with van der Waals surface area (Å²) in [4.78, 5) is 0. The van der Waals surface area contributed by atoms with Gasteiger partial charge >= 0.3 is 5.35 Å². The van der Waals surface area contributed by atoms with Crippen molar-refractivity contribution in [1.82, 2.24) is 10.2 Å². The Morgan fingerprint density at radius 3 is 2.78 bits per heavy atom. The van der Waals surface area contributed by atoms with E-state index < -0.39 is 0 Å². The standard InChI is InChI=1S/C5H7ClN2O/c1-2-3-4-7-8-5(6)9-4/h2-3H2,1H3. The van der Waals surface area contributed by atoms with E-state index in [2.05, 4.69) is 10.2 Å². The number of nitrogens with zero attached hydrogens (tertiary/aromatic N) is 2. The molecule has 0 fully saturated rings. The normalized spacial score (nSPS) is 10.0. The molecule has 0 aliphatic rings. The van der Waals surface area contributed by atoms with Crippen molar-refractivity contribution in [2.24, 2.45) is 0 Å². The molecule has 1 rings (SSSR count). The third-order valence-corrected chi connectivity index (χ3v) is 1.06. The molecule has 9 heavy (non-hydrogen) atoms. The van der Waals surface area contributed by atoms with Crippen LogP contribution >= 0.6 is 11.6 Å². The molecule has 0 aliphatic heterocycles. The lowest BCUT2D eigenvalue weighted by atomic mass is 10.3. The summed E-state index contributed by atoms with van der Waals surface area (Å²) in [5.74, 6) is 0.613. The molecule has 0 bridgehead atoms. The minimum Gasteiger partial charge on any atom is -0.412 e. The number of aryl methyl sites for hydroxylation is 1. The minimum absolute atomic E-state index is 0.124. The lowest BCUT2D eigenvalue weighted by Crippen LogP contribution is -1.80. The average Bonchev–Trinajstić information content (AvgIpc) is 2.17. The summed E-state index contributed by atoms with van der Waals surface area (Å²) in [6.45, 7) is 2.04. The first kappa shape index (κ1) is 6.55. The van der Waals surface area contributed by atoms with Gasteiger partial charge in [0, 0.05) is 6.42 Å². The zero-order chi connectivity index (χ0) is 6.69. The van der Waals surface area contributed by atoms with Gasteiger partial charge in [0.25, 0.3) is 0 Å². The van der Waals surface area contributed by atoms with E-state index in [1.165, 1.54) is 0 Å². The summed E-state index contributed by atoms with van der Waals surface area (Å²) in [5, 5.41) is 7.26.